The molecule has 0 atom stereocenters. The van der Waals surface area contributed by atoms with Crippen LogP contribution in [0.5, 0.6) is 0 Å². The number of nitriles is 1. The van der Waals surface area contributed by atoms with E-state index in [0.717, 1.165) is 17.0 Å². The molecule has 0 unspecified atom stereocenters. The summed E-state index contributed by atoms with van der Waals surface area (Å²) in [6.45, 7) is 0. The molecule has 2 rings (SSSR count). The van der Waals surface area contributed by atoms with Gasteiger partial charge >= 0.3 is 6.18 Å². The summed E-state index contributed by atoms with van der Waals surface area (Å²) in [6, 6.07) is 4.20. The zero-order valence-electron chi connectivity index (χ0n) is 9.49. The monoisotopic (exact) mass is 268 g/mol. The van der Waals surface area contributed by atoms with E-state index in [-0.39, 0.29) is 18.5 Å². The van der Waals surface area contributed by atoms with Crippen molar-refractivity contribution in [1.29, 1.82) is 5.26 Å². The summed E-state index contributed by atoms with van der Waals surface area (Å²) in [7, 11) is 0. The number of anilines is 1. The van der Waals surface area contributed by atoms with E-state index in [4.69, 9.17) is 5.26 Å². The van der Waals surface area contributed by atoms with Crippen LogP contribution in [0, 0.1) is 11.3 Å². The molecular weight excluding hydrogens is 261 g/mol. The van der Waals surface area contributed by atoms with Crippen LogP contribution in [0.1, 0.15) is 24.0 Å². The lowest BCUT2D eigenvalue weighted by Crippen LogP contribution is -2.29. The maximum absolute atomic E-state index is 12.8. The molecule has 1 fully saturated rings. The quantitative estimate of drug-likeness (QED) is 0.734. The van der Waals surface area contributed by atoms with Crippen molar-refractivity contribution in [1.82, 2.24) is 0 Å². The largest absolute Gasteiger partial charge is 0.417 e. The Balaban J connectivity index is 2.53. The van der Waals surface area contributed by atoms with Crippen LogP contribution in [-0.2, 0) is 15.8 Å². The molecule has 1 saturated heterocycles. The third-order valence-corrected chi connectivity index (χ3v) is 2.74. The highest BCUT2D eigenvalue weighted by atomic mass is 19.4. The van der Waals surface area contributed by atoms with Gasteiger partial charge in [0.1, 0.15) is 0 Å². The predicted molar refractivity (Wildman–Crippen MR) is 57.9 cm³/mol. The first-order valence-electron chi connectivity index (χ1n) is 5.31. The molecule has 0 spiro atoms. The summed E-state index contributed by atoms with van der Waals surface area (Å²) in [5.41, 5.74) is -1.85. The van der Waals surface area contributed by atoms with Gasteiger partial charge in [0.2, 0.25) is 11.8 Å². The minimum Gasteiger partial charge on any atom is -0.274 e. The van der Waals surface area contributed by atoms with Gasteiger partial charge in [-0.05, 0) is 18.2 Å². The topological polar surface area (TPSA) is 61.2 Å². The minimum absolute atomic E-state index is 0.0137. The van der Waals surface area contributed by atoms with Crippen LogP contribution in [0.4, 0.5) is 18.9 Å². The van der Waals surface area contributed by atoms with Crippen LogP contribution in [0.15, 0.2) is 18.2 Å². The second-order valence-electron chi connectivity index (χ2n) is 3.96. The summed E-state index contributed by atoms with van der Waals surface area (Å²) in [5.74, 6) is -1.08. The molecule has 2 amide bonds. The van der Waals surface area contributed by atoms with Gasteiger partial charge in [0.25, 0.3) is 0 Å². The summed E-state index contributed by atoms with van der Waals surface area (Å²) < 4.78 is 38.3. The summed E-state index contributed by atoms with van der Waals surface area (Å²) in [5, 5.41) is 8.64. The molecule has 1 heterocycles. The van der Waals surface area contributed by atoms with E-state index >= 15 is 0 Å². The van der Waals surface area contributed by atoms with Crippen molar-refractivity contribution >= 4 is 17.5 Å². The van der Waals surface area contributed by atoms with E-state index in [2.05, 4.69) is 0 Å². The van der Waals surface area contributed by atoms with Crippen LogP contribution >= 0.6 is 0 Å². The maximum atomic E-state index is 12.8. The second-order valence-corrected chi connectivity index (χ2v) is 3.96. The van der Waals surface area contributed by atoms with Gasteiger partial charge in [-0.25, -0.2) is 0 Å². The van der Waals surface area contributed by atoms with Gasteiger partial charge in [0.05, 0.1) is 22.9 Å². The molecular formula is C12H7F3N2O2. The molecule has 1 aromatic carbocycles. The molecule has 0 radical (unpaired) electrons. The average Bonchev–Trinajstić information content (AvgIpc) is 2.67. The maximum Gasteiger partial charge on any atom is 0.417 e. The number of alkyl halides is 3. The summed E-state index contributed by atoms with van der Waals surface area (Å²) in [4.78, 5) is 23.6. The average molecular weight is 268 g/mol. The Morgan fingerprint density at radius 1 is 1.16 bits per heavy atom. The van der Waals surface area contributed by atoms with Gasteiger partial charge in [0, 0.05) is 12.8 Å². The van der Waals surface area contributed by atoms with E-state index in [9.17, 15) is 22.8 Å². The Labute approximate surface area is 106 Å². The van der Waals surface area contributed by atoms with E-state index in [1.807, 2.05) is 0 Å². The third-order valence-electron chi connectivity index (χ3n) is 2.74. The molecule has 19 heavy (non-hydrogen) atoms. The first-order chi connectivity index (χ1) is 8.84. The minimum atomic E-state index is -4.72. The number of benzene rings is 1. The fraction of sp³-hybridized carbons (Fsp3) is 0.250. The zero-order valence-corrected chi connectivity index (χ0v) is 9.49. The fourth-order valence-electron chi connectivity index (χ4n) is 1.87. The smallest absolute Gasteiger partial charge is 0.274 e. The van der Waals surface area contributed by atoms with Crippen molar-refractivity contribution in [2.45, 2.75) is 19.0 Å². The van der Waals surface area contributed by atoms with Crippen molar-refractivity contribution < 1.29 is 22.8 Å². The molecule has 0 N–H and O–H groups in total. The molecule has 1 aromatic rings. The molecule has 4 nitrogen and oxygen atoms in total. The zero-order chi connectivity index (χ0) is 14.2. The summed E-state index contributed by atoms with van der Waals surface area (Å²) >= 11 is 0. The molecule has 0 bridgehead atoms. The molecule has 98 valence electrons. The van der Waals surface area contributed by atoms with Gasteiger partial charge in [-0.2, -0.15) is 18.4 Å². The van der Waals surface area contributed by atoms with Crippen molar-refractivity contribution in [3.63, 3.8) is 0 Å². The molecule has 0 saturated carbocycles. The van der Waals surface area contributed by atoms with Crippen molar-refractivity contribution in [2.24, 2.45) is 0 Å². The molecule has 7 heteroatoms. The van der Waals surface area contributed by atoms with Crippen LogP contribution < -0.4 is 4.90 Å². The van der Waals surface area contributed by atoms with Gasteiger partial charge in [-0.1, -0.05) is 0 Å². The van der Waals surface area contributed by atoms with Crippen LogP contribution in [-0.4, -0.2) is 11.8 Å². The lowest BCUT2D eigenvalue weighted by molar-refractivity contribution is -0.138. The highest BCUT2D eigenvalue weighted by Crippen LogP contribution is 2.35. The van der Waals surface area contributed by atoms with Crippen molar-refractivity contribution in [3.8, 4) is 6.07 Å². The van der Waals surface area contributed by atoms with Crippen LogP contribution in [0.3, 0.4) is 0 Å². The first-order valence-corrected chi connectivity index (χ1v) is 5.31. The Morgan fingerprint density at radius 2 is 1.74 bits per heavy atom. The van der Waals surface area contributed by atoms with Gasteiger partial charge in [0.15, 0.2) is 0 Å². The van der Waals surface area contributed by atoms with E-state index in [0.29, 0.717) is 6.07 Å². The number of imide groups is 1. The Kier molecular flexibility index (Phi) is 3.02. The van der Waals surface area contributed by atoms with Crippen molar-refractivity contribution in [3.05, 3.63) is 29.3 Å². The van der Waals surface area contributed by atoms with Crippen LogP contribution in [0.25, 0.3) is 0 Å². The first kappa shape index (κ1) is 13.1. The normalized spacial score (nSPS) is 15.8. The lowest BCUT2D eigenvalue weighted by atomic mass is 10.1. The highest BCUT2D eigenvalue weighted by Gasteiger charge is 2.36. The number of amides is 2. The standard InChI is InChI=1S/C12H7F3N2O2/c13-12(14,15)9-5-8(2-1-7(9)6-16)17-10(18)3-4-11(17)19/h1-2,5H,3-4H2. The Bertz CT molecular complexity index is 586. The van der Waals surface area contributed by atoms with Crippen LogP contribution in [0.2, 0.25) is 0 Å². The van der Waals surface area contributed by atoms with E-state index in [1.165, 1.54) is 6.07 Å². The van der Waals surface area contributed by atoms with Crippen molar-refractivity contribution in [2.75, 3.05) is 4.90 Å². The fourth-order valence-corrected chi connectivity index (χ4v) is 1.87. The summed E-state index contributed by atoms with van der Waals surface area (Å²) in [6.07, 6.45) is -4.74. The predicted octanol–water partition coefficient (Wildman–Crippen LogP) is 2.23. The number of hydrogen-bond donors (Lipinski definition) is 0. The second kappa shape index (κ2) is 4.39. The number of carbonyl (C=O) groups excluding carboxylic acids is 2. The van der Waals surface area contributed by atoms with Gasteiger partial charge in [-0.15, -0.1) is 0 Å². The number of nitrogens with zero attached hydrogens (tertiary/aromatic N) is 2. The van der Waals surface area contributed by atoms with Gasteiger partial charge < -0.3 is 0 Å². The lowest BCUT2D eigenvalue weighted by Gasteiger charge is -2.16. The Hall–Kier alpha value is -2.36. The number of rotatable bonds is 1. The molecule has 1 aliphatic rings. The number of hydrogen-bond acceptors (Lipinski definition) is 3. The third kappa shape index (κ3) is 2.29. The number of carbonyl (C=O) groups is 2. The Morgan fingerprint density at radius 3 is 2.21 bits per heavy atom. The number of halogens is 3. The molecule has 1 aliphatic heterocycles. The van der Waals surface area contributed by atoms with E-state index < -0.39 is 29.1 Å². The highest BCUT2D eigenvalue weighted by molar-refractivity contribution is 6.19. The SMILES string of the molecule is N#Cc1ccc(N2C(=O)CCC2=O)cc1C(F)(F)F. The van der Waals surface area contributed by atoms with Gasteiger partial charge in [-0.3, -0.25) is 14.5 Å². The molecule has 0 aromatic heterocycles. The van der Waals surface area contributed by atoms with E-state index in [1.54, 1.807) is 0 Å². The molecule has 0 aliphatic carbocycles.